The van der Waals surface area contributed by atoms with E-state index in [1.54, 1.807) is 18.2 Å². The molecule has 6 atom stereocenters. The molecule has 2 amide bonds. The summed E-state index contributed by atoms with van der Waals surface area (Å²) in [5, 5.41) is 4.47. The molecule has 4 bridgehead atoms. The lowest BCUT2D eigenvalue weighted by Crippen LogP contribution is -2.51. The topological polar surface area (TPSA) is 124 Å². The molecule has 3 N–H and O–H groups in total. The third-order valence-electron chi connectivity index (χ3n) is 12.3. The Bertz CT molecular complexity index is 2280. The minimum Gasteiger partial charge on any atom is -0.344 e. The molecule has 6 heterocycles. The number of nitrogens with one attached hydrogen (secondary N) is 1. The van der Waals surface area contributed by atoms with E-state index in [9.17, 15) is 9.59 Å². The van der Waals surface area contributed by atoms with Crippen molar-refractivity contribution in [2.75, 3.05) is 6.54 Å². The number of piperidine rings is 1. The van der Waals surface area contributed by atoms with Crippen LogP contribution in [0.25, 0.3) is 33.6 Å². The number of nitrogens with two attached hydrogens (primary N) is 1. The molecule has 0 unspecified atom stereocenters. The first kappa shape index (κ1) is 31.4. The molecule has 0 spiro atoms. The zero-order chi connectivity index (χ0) is 34.7. The van der Waals surface area contributed by atoms with Gasteiger partial charge in [-0.1, -0.05) is 11.6 Å². The molecule has 12 heteroatoms. The first-order chi connectivity index (χ1) is 24.7. The molecule has 4 aromatic heterocycles. The highest BCUT2D eigenvalue weighted by molar-refractivity contribution is 6.29. The highest BCUT2D eigenvalue weighted by atomic mass is 35.5. The van der Waals surface area contributed by atoms with Gasteiger partial charge in [-0.3, -0.25) is 9.59 Å². The van der Waals surface area contributed by atoms with Crippen LogP contribution in [0.2, 0.25) is 5.15 Å². The van der Waals surface area contributed by atoms with Crippen LogP contribution < -0.4 is 11.1 Å². The molecule has 10 rings (SSSR count). The Morgan fingerprint density at radius 2 is 1.78 bits per heavy atom. The molecule has 3 aliphatic carbocycles. The van der Waals surface area contributed by atoms with E-state index < -0.39 is 5.82 Å². The molecule has 10 nitrogen and oxygen atoms in total. The van der Waals surface area contributed by atoms with Gasteiger partial charge in [-0.05, 0) is 119 Å². The Labute approximate surface area is 299 Å². The number of carbonyl (C=O) groups is 2. The number of amides is 2. The van der Waals surface area contributed by atoms with Crippen LogP contribution in [-0.2, 0) is 13.0 Å². The summed E-state index contributed by atoms with van der Waals surface area (Å²) >= 11 is 6.27. The van der Waals surface area contributed by atoms with Gasteiger partial charge < -0.3 is 25.1 Å². The summed E-state index contributed by atoms with van der Waals surface area (Å²) in [6.07, 6.45) is 7.40. The van der Waals surface area contributed by atoms with Crippen molar-refractivity contribution in [2.24, 2.45) is 23.5 Å². The average Bonchev–Trinajstić information content (AvgIpc) is 3.97. The molecule has 5 aliphatic rings. The Morgan fingerprint density at radius 3 is 2.63 bits per heavy atom. The van der Waals surface area contributed by atoms with Gasteiger partial charge in [-0.15, -0.1) is 0 Å². The molecule has 1 saturated heterocycles. The monoisotopic (exact) mass is 706 g/mol. The highest BCUT2D eigenvalue weighted by Gasteiger charge is 2.42. The van der Waals surface area contributed by atoms with Crippen LogP contribution in [0.5, 0.6) is 0 Å². The normalized spacial score (nSPS) is 27.4. The molecule has 51 heavy (non-hydrogen) atoms. The number of carbonyl (C=O) groups excluding carboxylic acids is 2. The number of pyridine rings is 2. The second-order valence-electron chi connectivity index (χ2n) is 15.6. The van der Waals surface area contributed by atoms with Crippen molar-refractivity contribution < 1.29 is 14.0 Å². The smallest absolute Gasteiger partial charge is 0.254 e. The predicted molar refractivity (Wildman–Crippen MR) is 192 cm³/mol. The summed E-state index contributed by atoms with van der Waals surface area (Å²) in [5.41, 5.74) is 11.4. The number of fused-ring (bicyclic) bond motifs is 6. The summed E-state index contributed by atoms with van der Waals surface area (Å²) in [5.74, 6) is 1.24. The van der Waals surface area contributed by atoms with Gasteiger partial charge in [0.25, 0.3) is 11.8 Å². The van der Waals surface area contributed by atoms with Crippen molar-refractivity contribution >= 4 is 45.5 Å². The number of hydrogen-bond donors (Lipinski definition) is 2. The summed E-state index contributed by atoms with van der Waals surface area (Å²) in [6.45, 7) is 3.18. The maximum atomic E-state index is 16.3. The number of likely N-dealkylation sites (tertiary alicyclic amines) is 1. The molecule has 5 aromatic rings. The number of imidazole rings is 1. The molecule has 0 radical (unpaired) electrons. The zero-order valence-electron chi connectivity index (χ0n) is 28.5. The van der Waals surface area contributed by atoms with E-state index in [4.69, 9.17) is 27.3 Å². The first-order valence-electron chi connectivity index (χ1n) is 18.4. The van der Waals surface area contributed by atoms with Gasteiger partial charge in [0, 0.05) is 42.2 Å². The Morgan fingerprint density at radius 1 is 0.941 bits per heavy atom. The lowest BCUT2D eigenvalue weighted by Gasteiger charge is -2.37. The van der Waals surface area contributed by atoms with Gasteiger partial charge in [0.1, 0.15) is 22.1 Å². The van der Waals surface area contributed by atoms with Crippen LogP contribution in [-0.4, -0.2) is 59.4 Å². The van der Waals surface area contributed by atoms with Crippen molar-refractivity contribution in [2.45, 2.75) is 89.0 Å². The van der Waals surface area contributed by atoms with E-state index in [2.05, 4.69) is 25.5 Å². The molecular formula is C39H40ClFN8O2. The highest BCUT2D eigenvalue weighted by Crippen LogP contribution is 2.47. The molecule has 2 aliphatic heterocycles. The van der Waals surface area contributed by atoms with E-state index in [-0.39, 0.29) is 36.0 Å². The zero-order valence-corrected chi connectivity index (χ0v) is 29.2. The van der Waals surface area contributed by atoms with Gasteiger partial charge >= 0.3 is 0 Å². The lowest BCUT2D eigenvalue weighted by atomic mass is 9.94. The summed E-state index contributed by atoms with van der Waals surface area (Å²) in [6, 6.07) is 12.6. The van der Waals surface area contributed by atoms with Gasteiger partial charge in [0.2, 0.25) is 0 Å². The number of aryl methyl sites for hydroxylation is 1. The Balaban J connectivity index is 1.07. The maximum absolute atomic E-state index is 16.3. The second-order valence-corrected chi connectivity index (χ2v) is 16.0. The number of rotatable bonds is 3. The third-order valence-corrected chi connectivity index (χ3v) is 12.5. The van der Waals surface area contributed by atoms with Gasteiger partial charge in [-0.25, -0.2) is 19.3 Å². The van der Waals surface area contributed by atoms with Crippen LogP contribution in [0.15, 0.2) is 42.5 Å². The minimum atomic E-state index is -0.426. The Kier molecular flexibility index (Phi) is 7.13. The van der Waals surface area contributed by atoms with Crippen LogP contribution >= 0.6 is 11.6 Å². The van der Waals surface area contributed by atoms with Crippen LogP contribution in [0, 0.1) is 23.6 Å². The average molecular weight is 707 g/mol. The molecule has 4 fully saturated rings. The number of nitrogens with zero attached hydrogens (tertiary/aromatic N) is 6. The van der Waals surface area contributed by atoms with E-state index in [1.807, 2.05) is 24.0 Å². The van der Waals surface area contributed by atoms with Crippen molar-refractivity contribution in [1.29, 1.82) is 0 Å². The second kappa shape index (κ2) is 11.6. The summed E-state index contributed by atoms with van der Waals surface area (Å²) in [4.78, 5) is 44.0. The number of benzene rings is 1. The van der Waals surface area contributed by atoms with E-state index >= 15 is 4.39 Å². The van der Waals surface area contributed by atoms with Gasteiger partial charge in [0.05, 0.1) is 34.2 Å². The number of halogens is 2. The largest absolute Gasteiger partial charge is 0.344 e. The third kappa shape index (κ3) is 5.26. The fourth-order valence-electron chi connectivity index (χ4n) is 9.20. The quantitative estimate of drug-likeness (QED) is 0.204. The summed E-state index contributed by atoms with van der Waals surface area (Å²) in [7, 11) is 0. The number of aromatic nitrogens is 5. The maximum Gasteiger partial charge on any atom is 0.254 e. The van der Waals surface area contributed by atoms with Crippen molar-refractivity contribution in [3.05, 3.63) is 75.9 Å². The lowest BCUT2D eigenvalue weighted by molar-refractivity contribution is 0.0603. The van der Waals surface area contributed by atoms with E-state index in [0.717, 1.165) is 73.9 Å². The fourth-order valence-corrected chi connectivity index (χ4v) is 9.36. The van der Waals surface area contributed by atoms with Crippen molar-refractivity contribution in [3.8, 4) is 11.5 Å². The minimum absolute atomic E-state index is 0.0443. The van der Waals surface area contributed by atoms with Gasteiger partial charge in [0.15, 0.2) is 5.82 Å². The van der Waals surface area contributed by atoms with Crippen LogP contribution in [0.3, 0.4) is 0 Å². The van der Waals surface area contributed by atoms with Crippen LogP contribution in [0.1, 0.15) is 96.1 Å². The molecule has 262 valence electrons. The van der Waals surface area contributed by atoms with Gasteiger partial charge in [-0.2, -0.15) is 0 Å². The first-order valence-corrected chi connectivity index (χ1v) is 18.8. The number of hydrogen-bond acceptors (Lipinski definition) is 6. The van der Waals surface area contributed by atoms with Crippen molar-refractivity contribution in [1.82, 2.24) is 34.3 Å². The van der Waals surface area contributed by atoms with Crippen molar-refractivity contribution in [3.63, 3.8) is 0 Å². The van der Waals surface area contributed by atoms with Crippen LogP contribution in [0.4, 0.5) is 4.39 Å². The molecule has 1 aromatic carbocycles. The summed E-state index contributed by atoms with van der Waals surface area (Å²) < 4.78 is 20.6. The Hall–Kier alpha value is -4.35. The van der Waals surface area contributed by atoms with E-state index in [1.165, 1.54) is 6.07 Å². The molecular weight excluding hydrogens is 667 g/mol. The standard InChI is InChI=1S/C39H40ClFN8O2/c1-19-30-9-4-22-16-33(48(36(22)45-30)17-24-12-20(24)3-10-31-27(38(50)43-19)8-11-34(40)44-31)37-46-32-15-23(14-28(41)35(32)49(37)25-6-7-25)39(51)47-18-29(42)21-2-5-26(47)13-21/h4,8-9,11,14-16,19-21,24-26,29H,2-3,5-7,10,12-13,17-18,42H2,1H3,(H,43,50)/t19-,20-,21-,24+,26+,29+/m1/s1. The SMILES string of the molecule is C[C@H]1NC(=O)c2ccc(Cl)nc2CC[C@@H]2C[C@H]2Cn2c(-c3nc4cc(C(=O)N5C[C@H](N)[C@@H]6CC[C@H]5C6)cc(F)c4n3C3CC3)cc3ccc1nc32. The predicted octanol–water partition coefficient (Wildman–Crippen LogP) is 6.60. The fraction of sp³-hybridized carbons (Fsp3) is 0.462. The van der Waals surface area contributed by atoms with E-state index in [0.29, 0.717) is 69.6 Å². The molecule has 3 saturated carbocycles.